The summed E-state index contributed by atoms with van der Waals surface area (Å²) in [6, 6.07) is 15.9. The van der Waals surface area contributed by atoms with Crippen molar-refractivity contribution in [2.45, 2.75) is 32.9 Å². The minimum atomic E-state index is -3.56. The summed E-state index contributed by atoms with van der Waals surface area (Å²) in [7, 11) is -3.56. The Morgan fingerprint density at radius 1 is 1.04 bits per heavy atom. The van der Waals surface area contributed by atoms with Crippen LogP contribution in [-0.4, -0.2) is 38.1 Å². The van der Waals surface area contributed by atoms with E-state index in [9.17, 15) is 13.2 Å². The van der Waals surface area contributed by atoms with E-state index in [1.807, 2.05) is 32.0 Å². The Balaban J connectivity index is 2.04. The number of hydrogen-bond donors (Lipinski definition) is 0. The average molecular weight is 391 g/mol. The molecule has 6 nitrogen and oxygen atoms in total. The first-order valence-electron chi connectivity index (χ1n) is 8.74. The third kappa shape index (κ3) is 6.94. The highest BCUT2D eigenvalue weighted by atomic mass is 32.2. The normalized spacial score (nSPS) is 12.3. The molecule has 0 fully saturated rings. The molecule has 146 valence electrons. The van der Waals surface area contributed by atoms with Crippen molar-refractivity contribution in [1.82, 2.24) is 4.90 Å². The third-order valence-corrected chi connectivity index (χ3v) is 4.57. The second-order valence-corrected chi connectivity index (χ2v) is 7.89. The Hall–Kier alpha value is -2.54. The number of carbonyl (C=O) groups excluding carboxylic acids is 1. The molecule has 7 heteroatoms. The van der Waals surface area contributed by atoms with Crippen LogP contribution in [0.3, 0.4) is 0 Å². The summed E-state index contributed by atoms with van der Waals surface area (Å²) in [6.07, 6.45) is 1.81. The van der Waals surface area contributed by atoms with E-state index in [1.54, 1.807) is 41.3 Å². The van der Waals surface area contributed by atoms with Crippen molar-refractivity contribution in [3.8, 4) is 11.5 Å². The molecule has 0 spiro atoms. The predicted octanol–water partition coefficient (Wildman–Crippen LogP) is 3.23. The van der Waals surface area contributed by atoms with Gasteiger partial charge >= 0.3 is 10.1 Å². The van der Waals surface area contributed by atoms with Crippen LogP contribution in [0.1, 0.15) is 25.8 Å². The van der Waals surface area contributed by atoms with E-state index in [0.29, 0.717) is 12.3 Å². The lowest BCUT2D eigenvalue weighted by molar-refractivity contribution is -0.136. The van der Waals surface area contributed by atoms with Gasteiger partial charge in [0.15, 0.2) is 6.61 Å². The molecular formula is C20H25NO5S. The maximum Gasteiger partial charge on any atom is 0.306 e. The first-order valence-corrected chi connectivity index (χ1v) is 10.6. The Kier molecular flexibility index (Phi) is 7.24. The van der Waals surface area contributed by atoms with Gasteiger partial charge in [0.1, 0.15) is 11.5 Å². The van der Waals surface area contributed by atoms with E-state index in [2.05, 4.69) is 0 Å². The van der Waals surface area contributed by atoms with E-state index in [0.717, 1.165) is 18.2 Å². The summed E-state index contributed by atoms with van der Waals surface area (Å²) in [5.41, 5.74) is 0.879. The molecule has 0 saturated carbocycles. The molecule has 0 saturated heterocycles. The molecule has 0 N–H and O–H groups in total. The summed E-state index contributed by atoms with van der Waals surface area (Å²) in [4.78, 5) is 14.4. The second kappa shape index (κ2) is 9.41. The molecule has 1 amide bonds. The zero-order valence-corrected chi connectivity index (χ0v) is 16.6. The molecule has 0 radical (unpaired) electrons. The van der Waals surface area contributed by atoms with Gasteiger partial charge in [-0.3, -0.25) is 4.79 Å². The average Bonchev–Trinajstić information content (AvgIpc) is 2.64. The lowest BCUT2D eigenvalue weighted by Gasteiger charge is -2.29. The Labute approximate surface area is 160 Å². The third-order valence-electron chi connectivity index (χ3n) is 4.07. The van der Waals surface area contributed by atoms with E-state index in [-0.39, 0.29) is 24.3 Å². The predicted molar refractivity (Wildman–Crippen MR) is 104 cm³/mol. The van der Waals surface area contributed by atoms with Crippen molar-refractivity contribution >= 4 is 16.0 Å². The molecule has 2 rings (SSSR count). The number of ether oxygens (including phenoxy) is 1. The SMILES string of the molecule is CCC(C)N(Cc1ccc(OS(C)(=O)=O)cc1)C(=O)COc1ccccc1. The van der Waals surface area contributed by atoms with Crippen LogP contribution >= 0.6 is 0 Å². The van der Waals surface area contributed by atoms with Gasteiger partial charge in [0.25, 0.3) is 5.91 Å². The van der Waals surface area contributed by atoms with Crippen LogP contribution in [0.5, 0.6) is 11.5 Å². The molecule has 27 heavy (non-hydrogen) atoms. The summed E-state index contributed by atoms with van der Waals surface area (Å²) < 4.78 is 32.8. The zero-order valence-electron chi connectivity index (χ0n) is 15.8. The van der Waals surface area contributed by atoms with Gasteiger partial charge in [0.05, 0.1) is 6.26 Å². The maximum atomic E-state index is 12.7. The van der Waals surface area contributed by atoms with Gasteiger partial charge in [-0.05, 0) is 43.2 Å². The minimum Gasteiger partial charge on any atom is -0.484 e. The molecular weight excluding hydrogens is 366 g/mol. The lowest BCUT2D eigenvalue weighted by Crippen LogP contribution is -2.40. The quantitative estimate of drug-likeness (QED) is 0.614. The number of amides is 1. The van der Waals surface area contributed by atoms with Gasteiger partial charge in [-0.2, -0.15) is 8.42 Å². The highest BCUT2D eigenvalue weighted by molar-refractivity contribution is 7.86. The number of benzene rings is 2. The lowest BCUT2D eigenvalue weighted by atomic mass is 10.1. The second-order valence-electron chi connectivity index (χ2n) is 6.31. The molecule has 1 unspecified atom stereocenters. The molecule has 0 aromatic heterocycles. The zero-order chi connectivity index (χ0) is 19.9. The van der Waals surface area contributed by atoms with Crippen LogP contribution in [-0.2, 0) is 21.5 Å². The monoisotopic (exact) mass is 391 g/mol. The van der Waals surface area contributed by atoms with Crippen molar-refractivity contribution in [2.75, 3.05) is 12.9 Å². The van der Waals surface area contributed by atoms with Crippen LogP contribution in [0.15, 0.2) is 54.6 Å². The summed E-state index contributed by atoms with van der Waals surface area (Å²) >= 11 is 0. The fraction of sp³-hybridized carbons (Fsp3) is 0.350. The van der Waals surface area contributed by atoms with Crippen molar-refractivity contribution in [2.24, 2.45) is 0 Å². The number of hydrogen-bond acceptors (Lipinski definition) is 5. The first-order chi connectivity index (χ1) is 12.8. The van der Waals surface area contributed by atoms with Crippen LogP contribution in [0, 0.1) is 0 Å². The molecule has 2 aromatic rings. The summed E-state index contributed by atoms with van der Waals surface area (Å²) in [5, 5.41) is 0. The summed E-state index contributed by atoms with van der Waals surface area (Å²) in [5.74, 6) is 0.789. The molecule has 1 atom stereocenters. The highest BCUT2D eigenvalue weighted by Crippen LogP contribution is 2.17. The first kappa shape index (κ1) is 20.8. The van der Waals surface area contributed by atoms with Crippen molar-refractivity contribution in [3.05, 3.63) is 60.2 Å². The van der Waals surface area contributed by atoms with Gasteiger partial charge in [0.2, 0.25) is 0 Å². The van der Waals surface area contributed by atoms with Crippen molar-refractivity contribution in [3.63, 3.8) is 0 Å². The van der Waals surface area contributed by atoms with Crippen LogP contribution in [0.2, 0.25) is 0 Å². The molecule has 2 aromatic carbocycles. The topological polar surface area (TPSA) is 72.9 Å². The smallest absolute Gasteiger partial charge is 0.306 e. The van der Waals surface area contributed by atoms with E-state index < -0.39 is 10.1 Å². The van der Waals surface area contributed by atoms with E-state index in [1.165, 1.54) is 0 Å². The minimum absolute atomic E-state index is 0.0381. The molecule has 0 heterocycles. The number of carbonyl (C=O) groups is 1. The molecule has 0 aliphatic heterocycles. The number of rotatable bonds is 9. The van der Waals surface area contributed by atoms with Crippen LogP contribution < -0.4 is 8.92 Å². The Morgan fingerprint density at radius 2 is 1.67 bits per heavy atom. The summed E-state index contributed by atoms with van der Waals surface area (Å²) in [6.45, 7) is 4.38. The van der Waals surface area contributed by atoms with Crippen molar-refractivity contribution < 1.29 is 22.1 Å². The fourth-order valence-corrected chi connectivity index (χ4v) is 2.94. The van der Waals surface area contributed by atoms with Crippen LogP contribution in [0.25, 0.3) is 0 Å². The van der Waals surface area contributed by atoms with Gasteiger partial charge < -0.3 is 13.8 Å². The Morgan fingerprint density at radius 3 is 2.22 bits per heavy atom. The van der Waals surface area contributed by atoms with Gasteiger partial charge in [-0.15, -0.1) is 0 Å². The van der Waals surface area contributed by atoms with Gasteiger partial charge in [-0.1, -0.05) is 37.3 Å². The molecule has 0 aliphatic rings. The molecule has 0 aliphatic carbocycles. The number of para-hydroxylation sites is 1. The van der Waals surface area contributed by atoms with E-state index >= 15 is 0 Å². The number of nitrogens with zero attached hydrogens (tertiary/aromatic N) is 1. The highest BCUT2D eigenvalue weighted by Gasteiger charge is 2.20. The van der Waals surface area contributed by atoms with Gasteiger partial charge in [0, 0.05) is 12.6 Å². The maximum absolute atomic E-state index is 12.7. The van der Waals surface area contributed by atoms with Crippen LogP contribution in [0.4, 0.5) is 0 Å². The largest absolute Gasteiger partial charge is 0.484 e. The van der Waals surface area contributed by atoms with E-state index in [4.69, 9.17) is 8.92 Å². The van der Waals surface area contributed by atoms with Crippen molar-refractivity contribution in [1.29, 1.82) is 0 Å². The standard InChI is InChI=1S/C20H25NO5S/c1-4-16(2)21(20(22)15-25-18-8-6-5-7-9-18)14-17-10-12-19(13-11-17)26-27(3,23)24/h5-13,16H,4,14-15H2,1-3H3. The molecule has 0 bridgehead atoms. The Bertz CT molecular complexity index is 834. The fourth-order valence-electron chi connectivity index (χ4n) is 2.48. The van der Waals surface area contributed by atoms with Gasteiger partial charge in [-0.25, -0.2) is 0 Å².